The van der Waals surface area contributed by atoms with Gasteiger partial charge in [-0.1, -0.05) is 6.92 Å². The number of hydrogen-bond acceptors (Lipinski definition) is 6. The fourth-order valence-electron chi connectivity index (χ4n) is 3.91. The summed E-state index contributed by atoms with van der Waals surface area (Å²) in [4.78, 5) is 7.20. The summed E-state index contributed by atoms with van der Waals surface area (Å²) in [5, 5.41) is 0. The van der Waals surface area contributed by atoms with Crippen molar-refractivity contribution >= 4 is 15.7 Å². The third-order valence-electron chi connectivity index (χ3n) is 5.59. The third-order valence-corrected chi connectivity index (χ3v) is 6.96. The first kappa shape index (κ1) is 20.0. The number of aromatic nitrogens is 1. The molecule has 1 aromatic carbocycles. The maximum atomic E-state index is 13.0. The lowest BCUT2D eigenvalue weighted by molar-refractivity contribution is 0.288. The smallest absolute Gasteiger partial charge is 0.262 e. The predicted molar refractivity (Wildman–Crippen MR) is 111 cm³/mol. The largest absolute Gasteiger partial charge is 0.493 e. The molecule has 3 heterocycles. The Kier molecular flexibility index (Phi) is 5.65. The molecule has 156 valence electrons. The van der Waals surface area contributed by atoms with Gasteiger partial charge in [0.2, 0.25) is 5.88 Å². The fraction of sp³-hybridized carbons (Fsp3) is 0.476. The maximum Gasteiger partial charge on any atom is 0.262 e. The van der Waals surface area contributed by atoms with Crippen molar-refractivity contribution in [3.63, 3.8) is 0 Å². The van der Waals surface area contributed by atoms with Gasteiger partial charge in [-0.05, 0) is 61.2 Å². The number of methoxy groups -OCH3 is 1. The fourth-order valence-corrected chi connectivity index (χ4v) is 5.01. The average Bonchev–Trinajstić information content (AvgIpc) is 2.94. The number of nitrogens with zero attached hydrogens (tertiary/aromatic N) is 2. The molecular formula is C21H27N3O4S. The number of aryl methyl sites for hydroxylation is 1. The van der Waals surface area contributed by atoms with E-state index in [0.717, 1.165) is 67.9 Å². The van der Waals surface area contributed by atoms with Crippen LogP contribution in [0.15, 0.2) is 29.2 Å². The number of benzene rings is 1. The molecular weight excluding hydrogens is 390 g/mol. The number of sulfonamides is 1. The van der Waals surface area contributed by atoms with Gasteiger partial charge in [-0.3, -0.25) is 4.72 Å². The van der Waals surface area contributed by atoms with E-state index < -0.39 is 10.0 Å². The molecule has 2 aliphatic heterocycles. The number of hydrogen-bond donors (Lipinski definition) is 1. The van der Waals surface area contributed by atoms with E-state index in [1.807, 2.05) is 6.07 Å². The van der Waals surface area contributed by atoms with Crippen molar-refractivity contribution in [2.75, 3.05) is 38.1 Å². The summed E-state index contributed by atoms with van der Waals surface area (Å²) in [6.45, 7) is 5.70. The Morgan fingerprint density at radius 3 is 2.79 bits per heavy atom. The zero-order valence-electron chi connectivity index (χ0n) is 16.9. The Morgan fingerprint density at radius 2 is 2.00 bits per heavy atom. The van der Waals surface area contributed by atoms with Crippen LogP contribution in [0.2, 0.25) is 0 Å². The molecule has 2 aliphatic rings. The minimum absolute atomic E-state index is 0.218. The highest BCUT2D eigenvalue weighted by Gasteiger charge is 2.23. The standard InChI is InChI=1S/C21H27N3O4S/c1-3-24-10-8-15-14-19(21(27-2)22-18(15)9-11-24)23-29(25,26)17-6-7-20-16(13-17)5-4-12-28-20/h6-7,13-14,23H,3-5,8-12H2,1-2H3. The van der Waals surface area contributed by atoms with Crippen LogP contribution in [0.25, 0.3) is 0 Å². The first-order valence-corrected chi connectivity index (χ1v) is 11.6. The Morgan fingerprint density at radius 1 is 1.17 bits per heavy atom. The first-order valence-electron chi connectivity index (χ1n) is 10.1. The minimum atomic E-state index is -3.77. The van der Waals surface area contributed by atoms with E-state index in [1.54, 1.807) is 18.2 Å². The average molecular weight is 418 g/mol. The molecule has 0 aliphatic carbocycles. The highest BCUT2D eigenvalue weighted by atomic mass is 32.2. The Labute approximate surface area is 172 Å². The molecule has 7 nitrogen and oxygen atoms in total. The van der Waals surface area contributed by atoms with Gasteiger partial charge in [-0.15, -0.1) is 0 Å². The molecule has 4 rings (SSSR count). The van der Waals surface area contributed by atoms with E-state index in [4.69, 9.17) is 9.47 Å². The minimum Gasteiger partial charge on any atom is -0.493 e. The number of ether oxygens (including phenoxy) is 2. The number of nitrogens with one attached hydrogen (secondary N) is 1. The summed E-state index contributed by atoms with van der Waals surface area (Å²) < 4.78 is 39.8. The molecule has 0 saturated heterocycles. The molecule has 0 fully saturated rings. The van der Waals surface area contributed by atoms with Crippen LogP contribution in [-0.2, 0) is 29.3 Å². The summed E-state index contributed by atoms with van der Waals surface area (Å²) in [5.74, 6) is 1.07. The zero-order chi connectivity index (χ0) is 20.4. The summed E-state index contributed by atoms with van der Waals surface area (Å²) in [7, 11) is -2.25. The molecule has 0 bridgehead atoms. The number of fused-ring (bicyclic) bond motifs is 2. The van der Waals surface area contributed by atoms with Crippen LogP contribution in [-0.4, -0.2) is 51.7 Å². The lowest BCUT2D eigenvalue weighted by Crippen LogP contribution is -2.25. The van der Waals surface area contributed by atoms with E-state index >= 15 is 0 Å². The van der Waals surface area contributed by atoms with Gasteiger partial charge < -0.3 is 14.4 Å². The SMILES string of the molecule is CCN1CCc2cc(NS(=O)(=O)c3ccc4c(c3)CCCO4)c(OC)nc2CC1. The van der Waals surface area contributed by atoms with E-state index in [9.17, 15) is 8.42 Å². The van der Waals surface area contributed by atoms with Crippen LogP contribution in [0.3, 0.4) is 0 Å². The highest BCUT2D eigenvalue weighted by Crippen LogP contribution is 2.31. The van der Waals surface area contributed by atoms with Crippen molar-refractivity contribution in [2.45, 2.75) is 37.5 Å². The molecule has 0 spiro atoms. The molecule has 8 heteroatoms. The van der Waals surface area contributed by atoms with Crippen molar-refractivity contribution < 1.29 is 17.9 Å². The molecule has 0 unspecified atom stereocenters. The van der Waals surface area contributed by atoms with Crippen molar-refractivity contribution in [1.82, 2.24) is 9.88 Å². The van der Waals surface area contributed by atoms with Crippen LogP contribution in [0.1, 0.15) is 30.2 Å². The van der Waals surface area contributed by atoms with Gasteiger partial charge in [0.1, 0.15) is 11.4 Å². The van der Waals surface area contributed by atoms with E-state index in [-0.39, 0.29) is 4.90 Å². The number of rotatable bonds is 5. The van der Waals surface area contributed by atoms with Crippen LogP contribution < -0.4 is 14.2 Å². The van der Waals surface area contributed by atoms with E-state index in [1.165, 1.54) is 7.11 Å². The number of pyridine rings is 1. The lowest BCUT2D eigenvalue weighted by atomic mass is 10.1. The first-order chi connectivity index (χ1) is 14.0. The molecule has 0 atom stereocenters. The monoisotopic (exact) mass is 417 g/mol. The summed E-state index contributed by atoms with van der Waals surface area (Å²) >= 11 is 0. The van der Waals surface area contributed by atoms with Gasteiger partial charge in [0.05, 0.1) is 18.6 Å². The van der Waals surface area contributed by atoms with Crippen LogP contribution in [0.5, 0.6) is 11.6 Å². The second kappa shape index (κ2) is 8.20. The molecule has 29 heavy (non-hydrogen) atoms. The quantitative estimate of drug-likeness (QED) is 0.806. The van der Waals surface area contributed by atoms with Gasteiger partial charge in [0.25, 0.3) is 10.0 Å². The lowest BCUT2D eigenvalue weighted by Gasteiger charge is -2.18. The molecule has 1 aromatic heterocycles. The Balaban J connectivity index is 1.64. The third kappa shape index (κ3) is 4.18. The van der Waals surface area contributed by atoms with Crippen LogP contribution in [0, 0.1) is 0 Å². The van der Waals surface area contributed by atoms with Gasteiger partial charge in [0.15, 0.2) is 0 Å². The maximum absolute atomic E-state index is 13.0. The van der Waals surface area contributed by atoms with Crippen molar-refractivity contribution in [3.8, 4) is 11.6 Å². The van der Waals surface area contributed by atoms with Gasteiger partial charge >= 0.3 is 0 Å². The summed E-state index contributed by atoms with van der Waals surface area (Å²) in [6, 6.07) is 6.88. The van der Waals surface area contributed by atoms with Gasteiger partial charge in [-0.25, -0.2) is 13.4 Å². The van der Waals surface area contributed by atoms with Crippen LogP contribution in [0.4, 0.5) is 5.69 Å². The van der Waals surface area contributed by atoms with Crippen molar-refractivity contribution in [3.05, 3.63) is 41.1 Å². The van der Waals surface area contributed by atoms with Crippen molar-refractivity contribution in [2.24, 2.45) is 0 Å². The van der Waals surface area contributed by atoms with Crippen LogP contribution >= 0.6 is 0 Å². The molecule has 2 aromatic rings. The normalized spacial score (nSPS) is 16.9. The zero-order valence-corrected chi connectivity index (χ0v) is 17.7. The summed E-state index contributed by atoms with van der Waals surface area (Å²) in [6.07, 6.45) is 3.38. The van der Waals surface area contributed by atoms with Crippen molar-refractivity contribution in [1.29, 1.82) is 0 Å². The molecule has 1 N–H and O–H groups in total. The number of anilines is 1. The second-order valence-corrected chi connectivity index (χ2v) is 9.09. The van der Waals surface area contributed by atoms with Gasteiger partial charge in [-0.2, -0.15) is 0 Å². The molecule has 0 amide bonds. The predicted octanol–water partition coefficient (Wildman–Crippen LogP) is 2.64. The molecule has 0 saturated carbocycles. The number of likely N-dealkylation sites (N-methyl/N-ethyl adjacent to an activating group) is 1. The topological polar surface area (TPSA) is 80.8 Å². The van der Waals surface area contributed by atoms with E-state index in [2.05, 4.69) is 21.5 Å². The Hall–Kier alpha value is -2.32. The summed E-state index contributed by atoms with van der Waals surface area (Å²) in [5.41, 5.74) is 3.35. The Bertz CT molecular complexity index is 1010. The van der Waals surface area contributed by atoms with Gasteiger partial charge in [0, 0.05) is 25.2 Å². The molecule has 0 radical (unpaired) electrons. The second-order valence-electron chi connectivity index (χ2n) is 7.41. The highest BCUT2D eigenvalue weighted by molar-refractivity contribution is 7.92. The van der Waals surface area contributed by atoms with E-state index in [0.29, 0.717) is 18.2 Å².